The van der Waals surface area contributed by atoms with Gasteiger partial charge in [-0.05, 0) is 54.7 Å². The Balaban J connectivity index is 1.49. The minimum atomic E-state index is -3.87. The number of anilines is 1. The number of rotatable bonds is 12. The number of likely N-dealkylation sites (N-methyl/N-ethyl adjacent to an activating group) is 1. The largest absolute Gasteiger partial charge is 0.384 e. The molecule has 0 radical (unpaired) electrons. The van der Waals surface area contributed by atoms with Crippen molar-refractivity contribution in [3.05, 3.63) is 102 Å². The van der Waals surface area contributed by atoms with E-state index in [2.05, 4.69) is 23.3 Å². The molecule has 5 rings (SSSR count). The van der Waals surface area contributed by atoms with Crippen molar-refractivity contribution in [1.29, 1.82) is 5.41 Å². The molecule has 5 aromatic rings. The molecule has 0 bridgehead atoms. The number of aromatic nitrogens is 2. The summed E-state index contributed by atoms with van der Waals surface area (Å²) in [5, 5.41) is 9.20. The second-order valence-corrected chi connectivity index (χ2v) is 12.3. The number of nitrogens with zero attached hydrogens (tertiary/aromatic N) is 4. The lowest BCUT2D eigenvalue weighted by molar-refractivity contribution is 0.313. The average Bonchev–Trinajstić information content (AvgIpc) is 3.32. The summed E-state index contributed by atoms with van der Waals surface area (Å²) in [6.45, 7) is 6.82. The molecule has 0 aliphatic rings. The van der Waals surface area contributed by atoms with Gasteiger partial charge in [0.2, 0.25) is 0 Å². The number of aryl methyl sites for hydroxylation is 3. The molecular weight excluding hydrogens is 544 g/mol. The molecule has 0 amide bonds. The lowest BCUT2D eigenvalue weighted by Crippen LogP contribution is -2.39. The van der Waals surface area contributed by atoms with Crippen molar-refractivity contribution >= 4 is 43.4 Å². The maximum Gasteiger partial charge on any atom is 0.264 e. The second-order valence-electron chi connectivity index (χ2n) is 10.5. The molecule has 3 N–H and O–H groups in total. The summed E-state index contributed by atoms with van der Waals surface area (Å²) in [6.07, 6.45) is 1.51. The van der Waals surface area contributed by atoms with E-state index in [0.29, 0.717) is 34.6 Å². The number of nitrogen functional groups attached to an aromatic ring is 1. The van der Waals surface area contributed by atoms with Crippen molar-refractivity contribution in [2.45, 2.75) is 31.6 Å². The van der Waals surface area contributed by atoms with Gasteiger partial charge in [-0.1, -0.05) is 74.5 Å². The van der Waals surface area contributed by atoms with E-state index in [0.717, 1.165) is 53.7 Å². The van der Waals surface area contributed by atoms with Crippen molar-refractivity contribution < 1.29 is 8.42 Å². The first-order valence-corrected chi connectivity index (χ1v) is 15.8. The third-order valence-electron chi connectivity index (χ3n) is 7.98. The van der Waals surface area contributed by atoms with Gasteiger partial charge < -0.3 is 15.2 Å². The van der Waals surface area contributed by atoms with Gasteiger partial charge in [-0.2, -0.15) is 0 Å². The van der Waals surface area contributed by atoms with Crippen LogP contribution >= 0.6 is 0 Å². The Bertz CT molecular complexity index is 1820. The third kappa shape index (κ3) is 5.89. The van der Waals surface area contributed by atoms with Gasteiger partial charge in [-0.15, -0.1) is 0 Å². The highest BCUT2D eigenvalue weighted by Gasteiger charge is 2.27. The topological polar surface area (TPSA) is 108 Å². The molecule has 4 aromatic carbocycles. The zero-order valence-electron chi connectivity index (χ0n) is 24.4. The number of fused-ring (bicyclic) bond motifs is 2. The van der Waals surface area contributed by atoms with E-state index >= 15 is 0 Å². The molecular formula is C33H38N6O2S. The molecule has 0 spiro atoms. The maximum absolute atomic E-state index is 14.3. The lowest BCUT2D eigenvalue weighted by atomic mass is 10.1. The first kappa shape index (κ1) is 29.3. The van der Waals surface area contributed by atoms with Crippen molar-refractivity contribution in [2.75, 3.05) is 30.5 Å². The summed E-state index contributed by atoms with van der Waals surface area (Å²) < 4.78 is 32.3. The van der Waals surface area contributed by atoms with Gasteiger partial charge in [0.15, 0.2) is 0 Å². The SMILES string of the molecule is CCN(CC)CCN(c1ccc2c(c1)nc(CCc1ccc(C(=N)N)cc1)n2C)S(=O)(=O)c1cccc2ccccc12. The molecule has 218 valence electrons. The monoisotopic (exact) mass is 582 g/mol. The molecule has 8 nitrogen and oxygen atoms in total. The van der Waals surface area contributed by atoms with Gasteiger partial charge in [0.1, 0.15) is 11.7 Å². The van der Waals surface area contributed by atoms with Crippen LogP contribution in [0.4, 0.5) is 5.69 Å². The van der Waals surface area contributed by atoms with Crippen LogP contribution in [0, 0.1) is 5.41 Å². The Morgan fingerprint density at radius 1 is 0.905 bits per heavy atom. The first-order chi connectivity index (χ1) is 20.2. The molecule has 0 saturated carbocycles. The van der Waals surface area contributed by atoms with Crippen molar-refractivity contribution in [3.63, 3.8) is 0 Å². The van der Waals surface area contributed by atoms with Crippen LogP contribution in [0.25, 0.3) is 21.8 Å². The van der Waals surface area contributed by atoms with Crippen LogP contribution in [-0.2, 0) is 29.9 Å². The van der Waals surface area contributed by atoms with Crippen LogP contribution < -0.4 is 10.0 Å². The number of benzene rings is 4. The molecule has 1 aromatic heterocycles. The molecule has 0 fully saturated rings. The van der Waals surface area contributed by atoms with Crippen molar-refractivity contribution in [2.24, 2.45) is 12.8 Å². The summed E-state index contributed by atoms with van der Waals surface area (Å²) in [5.41, 5.74) is 9.74. The van der Waals surface area contributed by atoms with Crippen LogP contribution in [0.1, 0.15) is 30.8 Å². The Hall–Kier alpha value is -4.21. The van der Waals surface area contributed by atoms with Crippen LogP contribution in [0.2, 0.25) is 0 Å². The van der Waals surface area contributed by atoms with E-state index in [1.54, 1.807) is 12.1 Å². The normalized spacial score (nSPS) is 11.9. The predicted molar refractivity (Wildman–Crippen MR) is 172 cm³/mol. The number of sulfonamides is 1. The van der Waals surface area contributed by atoms with E-state index in [4.69, 9.17) is 16.1 Å². The highest BCUT2D eigenvalue weighted by atomic mass is 32.2. The summed E-state index contributed by atoms with van der Waals surface area (Å²) >= 11 is 0. The predicted octanol–water partition coefficient (Wildman–Crippen LogP) is 5.33. The number of hydrogen-bond donors (Lipinski definition) is 2. The number of nitrogens with one attached hydrogen (secondary N) is 1. The summed E-state index contributed by atoms with van der Waals surface area (Å²) in [7, 11) is -1.88. The summed E-state index contributed by atoms with van der Waals surface area (Å²) in [4.78, 5) is 7.46. The Labute approximate surface area is 248 Å². The fraction of sp³-hybridized carbons (Fsp3) is 0.273. The number of amidine groups is 1. The van der Waals surface area contributed by atoms with Crippen LogP contribution in [0.15, 0.2) is 89.8 Å². The van der Waals surface area contributed by atoms with Crippen LogP contribution in [0.3, 0.4) is 0 Å². The average molecular weight is 583 g/mol. The molecule has 0 saturated heterocycles. The molecule has 0 aliphatic heterocycles. The number of imidazole rings is 1. The van der Waals surface area contributed by atoms with Gasteiger partial charge in [-0.3, -0.25) is 9.71 Å². The van der Waals surface area contributed by atoms with E-state index in [1.807, 2.05) is 79.8 Å². The van der Waals surface area contributed by atoms with Gasteiger partial charge in [0.25, 0.3) is 10.0 Å². The molecule has 9 heteroatoms. The standard InChI is InChI=1S/C33H38N6O2S/c1-4-38(5-2)21-22-39(42(40,41)31-12-8-10-25-9-6-7-11-28(25)31)27-18-19-30-29(23-27)36-32(37(30)3)20-15-24-13-16-26(17-14-24)33(34)35/h6-14,16-19,23H,4-5,15,20-22H2,1-3H3,(H3,34,35). The first-order valence-electron chi connectivity index (χ1n) is 14.3. The van der Waals surface area contributed by atoms with Gasteiger partial charge in [0, 0.05) is 37.5 Å². The Morgan fingerprint density at radius 3 is 2.33 bits per heavy atom. The molecule has 0 aliphatic carbocycles. The Morgan fingerprint density at radius 2 is 1.62 bits per heavy atom. The minimum Gasteiger partial charge on any atom is -0.384 e. The quantitative estimate of drug-likeness (QED) is 0.153. The minimum absolute atomic E-state index is 0.0568. The highest BCUT2D eigenvalue weighted by Crippen LogP contribution is 2.31. The zero-order chi connectivity index (χ0) is 29.9. The van der Waals surface area contributed by atoms with E-state index in [-0.39, 0.29) is 5.84 Å². The molecule has 0 unspecified atom stereocenters. The molecule has 42 heavy (non-hydrogen) atoms. The lowest BCUT2D eigenvalue weighted by Gasteiger charge is -2.28. The fourth-order valence-electron chi connectivity index (χ4n) is 5.42. The van der Waals surface area contributed by atoms with Crippen LogP contribution in [0.5, 0.6) is 0 Å². The number of hydrogen-bond acceptors (Lipinski definition) is 5. The smallest absolute Gasteiger partial charge is 0.264 e. The van der Waals surface area contributed by atoms with Gasteiger partial charge in [0.05, 0.1) is 21.6 Å². The zero-order valence-corrected chi connectivity index (χ0v) is 25.2. The van der Waals surface area contributed by atoms with Gasteiger partial charge in [-0.25, -0.2) is 13.4 Å². The van der Waals surface area contributed by atoms with E-state index in [9.17, 15) is 8.42 Å². The number of nitrogens with two attached hydrogens (primary N) is 1. The summed E-state index contributed by atoms with van der Waals surface area (Å²) in [6, 6.07) is 26.5. The Kier molecular flexibility index (Phi) is 8.61. The van der Waals surface area contributed by atoms with Crippen molar-refractivity contribution in [1.82, 2.24) is 14.5 Å². The third-order valence-corrected chi connectivity index (χ3v) is 9.86. The fourth-order valence-corrected chi connectivity index (χ4v) is 7.09. The van der Waals surface area contributed by atoms with Crippen LogP contribution in [-0.4, -0.2) is 54.9 Å². The van der Waals surface area contributed by atoms with E-state index in [1.165, 1.54) is 4.31 Å². The molecule has 1 heterocycles. The van der Waals surface area contributed by atoms with Gasteiger partial charge >= 0.3 is 0 Å². The van der Waals surface area contributed by atoms with Crippen molar-refractivity contribution in [3.8, 4) is 0 Å². The summed E-state index contributed by atoms with van der Waals surface area (Å²) in [5.74, 6) is 0.978. The van der Waals surface area contributed by atoms with E-state index < -0.39 is 10.0 Å². The highest BCUT2D eigenvalue weighted by molar-refractivity contribution is 7.93. The molecule has 0 atom stereocenters. The maximum atomic E-state index is 14.3. The second kappa shape index (κ2) is 12.3.